The molecule has 0 bridgehead atoms. The summed E-state index contributed by atoms with van der Waals surface area (Å²) in [5.74, 6) is 0. The van der Waals surface area contributed by atoms with Gasteiger partial charge in [0.1, 0.15) is 0 Å². The molecule has 0 saturated heterocycles. The molecule has 4 nitrogen and oxygen atoms in total. The van der Waals surface area contributed by atoms with E-state index in [1.54, 1.807) is 21.8 Å². The normalized spacial score (nSPS) is 11.6. The van der Waals surface area contributed by atoms with E-state index < -0.39 is 0 Å². The molecule has 0 saturated carbocycles. The Morgan fingerprint density at radius 1 is 1.36 bits per heavy atom. The molecule has 3 rings (SSSR count). The zero-order valence-electron chi connectivity index (χ0n) is 12.4. The van der Waals surface area contributed by atoms with Crippen LogP contribution in [0, 0.1) is 6.92 Å². The summed E-state index contributed by atoms with van der Waals surface area (Å²) in [6.45, 7) is 6.54. The van der Waals surface area contributed by atoms with Crippen molar-refractivity contribution in [3.05, 3.63) is 54.0 Å². The first-order valence-corrected chi connectivity index (χ1v) is 9.49. The molecule has 3 aromatic rings. The molecule has 0 amide bonds. The van der Waals surface area contributed by atoms with Crippen molar-refractivity contribution < 1.29 is 0 Å². The number of thiazole rings is 1. The number of aryl methyl sites for hydroxylation is 1. The van der Waals surface area contributed by atoms with Crippen LogP contribution in [0.2, 0.25) is 0 Å². The monoisotopic (exact) mass is 397 g/mol. The third-order valence-electron chi connectivity index (χ3n) is 3.47. The maximum atomic E-state index is 12.2. The molecule has 0 spiro atoms. The highest BCUT2D eigenvalue weighted by molar-refractivity contribution is 9.11. The highest BCUT2D eigenvalue weighted by Gasteiger charge is 2.11. The van der Waals surface area contributed by atoms with Crippen molar-refractivity contribution in [1.82, 2.24) is 14.3 Å². The van der Waals surface area contributed by atoms with Crippen molar-refractivity contribution in [1.29, 1.82) is 0 Å². The van der Waals surface area contributed by atoms with Crippen molar-refractivity contribution >= 4 is 43.6 Å². The van der Waals surface area contributed by atoms with Crippen LogP contribution in [0.1, 0.15) is 23.2 Å². The van der Waals surface area contributed by atoms with Crippen LogP contribution in [0.4, 0.5) is 0 Å². The van der Waals surface area contributed by atoms with Gasteiger partial charge in [-0.1, -0.05) is 6.92 Å². The SMILES string of the molecule is CCN(Cc1cc(=O)n2c(C)csc2n1)Cc1ccc(Br)s1. The van der Waals surface area contributed by atoms with Crippen LogP contribution in [0.25, 0.3) is 4.96 Å². The van der Waals surface area contributed by atoms with Crippen molar-refractivity contribution in [3.8, 4) is 0 Å². The number of hydrogen-bond donors (Lipinski definition) is 0. The Hall–Kier alpha value is -1.02. The third-order valence-corrected chi connectivity index (χ3v) is 6.02. The lowest BCUT2D eigenvalue weighted by atomic mass is 10.3. The minimum Gasteiger partial charge on any atom is -0.293 e. The second kappa shape index (κ2) is 6.62. The Bertz CT molecular complexity index is 852. The van der Waals surface area contributed by atoms with Crippen molar-refractivity contribution in [2.45, 2.75) is 26.9 Å². The maximum absolute atomic E-state index is 12.2. The summed E-state index contributed by atoms with van der Waals surface area (Å²) >= 11 is 6.75. The lowest BCUT2D eigenvalue weighted by molar-refractivity contribution is 0.270. The number of halogens is 1. The molecule has 7 heteroatoms. The van der Waals surface area contributed by atoms with Crippen LogP contribution in [-0.2, 0) is 13.1 Å². The summed E-state index contributed by atoms with van der Waals surface area (Å²) in [5, 5.41) is 1.97. The van der Waals surface area contributed by atoms with Crippen molar-refractivity contribution in [3.63, 3.8) is 0 Å². The first-order valence-electron chi connectivity index (χ1n) is 7.00. The van der Waals surface area contributed by atoms with E-state index in [0.29, 0.717) is 6.54 Å². The van der Waals surface area contributed by atoms with Gasteiger partial charge in [-0.3, -0.25) is 14.1 Å². The Balaban J connectivity index is 1.82. The molecule has 0 aromatic carbocycles. The van der Waals surface area contributed by atoms with E-state index in [-0.39, 0.29) is 5.56 Å². The fraction of sp³-hybridized carbons (Fsp3) is 0.333. The van der Waals surface area contributed by atoms with Crippen molar-refractivity contribution in [2.75, 3.05) is 6.54 Å². The molecule has 0 aliphatic heterocycles. The first kappa shape index (κ1) is 15.9. The Kier molecular flexibility index (Phi) is 4.77. The Morgan fingerprint density at radius 3 is 2.86 bits per heavy atom. The summed E-state index contributed by atoms with van der Waals surface area (Å²) < 4.78 is 2.81. The van der Waals surface area contributed by atoms with Crippen LogP contribution in [0.3, 0.4) is 0 Å². The van der Waals surface area contributed by atoms with Gasteiger partial charge in [-0.05, 0) is 41.5 Å². The van der Waals surface area contributed by atoms with Gasteiger partial charge in [0, 0.05) is 35.1 Å². The molecule has 0 aliphatic carbocycles. The van der Waals surface area contributed by atoms with E-state index in [1.807, 2.05) is 12.3 Å². The van der Waals surface area contributed by atoms with Gasteiger partial charge in [-0.25, -0.2) is 4.98 Å². The zero-order valence-corrected chi connectivity index (χ0v) is 15.6. The average molecular weight is 398 g/mol. The fourth-order valence-electron chi connectivity index (χ4n) is 2.35. The minimum atomic E-state index is 0.00803. The van der Waals surface area contributed by atoms with E-state index in [9.17, 15) is 4.79 Å². The Labute approximate surface area is 145 Å². The molecule has 3 aromatic heterocycles. The van der Waals surface area contributed by atoms with E-state index in [4.69, 9.17) is 0 Å². The summed E-state index contributed by atoms with van der Waals surface area (Å²) in [6.07, 6.45) is 0. The molecule has 0 atom stereocenters. The quantitative estimate of drug-likeness (QED) is 0.654. The predicted octanol–water partition coefficient (Wildman–Crippen LogP) is 3.91. The number of nitrogens with zero attached hydrogens (tertiary/aromatic N) is 3. The van der Waals surface area contributed by atoms with Gasteiger partial charge in [0.2, 0.25) is 0 Å². The van der Waals surface area contributed by atoms with Gasteiger partial charge in [0.25, 0.3) is 5.56 Å². The van der Waals surface area contributed by atoms with Crippen LogP contribution in [0.15, 0.2) is 32.2 Å². The van der Waals surface area contributed by atoms with Gasteiger partial charge in [-0.15, -0.1) is 22.7 Å². The van der Waals surface area contributed by atoms with E-state index in [2.05, 4.69) is 44.9 Å². The van der Waals surface area contributed by atoms with Crippen LogP contribution in [0.5, 0.6) is 0 Å². The highest BCUT2D eigenvalue weighted by atomic mass is 79.9. The molecule has 116 valence electrons. The van der Waals surface area contributed by atoms with E-state index in [0.717, 1.165) is 33.2 Å². The number of aromatic nitrogens is 2. The summed E-state index contributed by atoms with van der Waals surface area (Å²) in [7, 11) is 0. The Morgan fingerprint density at radius 2 is 2.18 bits per heavy atom. The second-order valence-electron chi connectivity index (χ2n) is 5.09. The zero-order chi connectivity index (χ0) is 15.7. The summed E-state index contributed by atoms with van der Waals surface area (Å²) in [4.78, 5) is 21.2. The van der Waals surface area contributed by atoms with Crippen LogP contribution >= 0.6 is 38.6 Å². The second-order valence-corrected chi connectivity index (χ2v) is 8.47. The molecule has 0 aliphatic rings. The largest absolute Gasteiger partial charge is 0.293 e. The lowest BCUT2D eigenvalue weighted by Crippen LogP contribution is -2.24. The predicted molar refractivity (Wildman–Crippen MR) is 95.9 cm³/mol. The molecular weight excluding hydrogens is 382 g/mol. The van der Waals surface area contributed by atoms with Crippen LogP contribution in [-0.4, -0.2) is 20.8 Å². The molecular formula is C15H16BrN3OS2. The van der Waals surface area contributed by atoms with Gasteiger partial charge in [0.15, 0.2) is 4.96 Å². The smallest absolute Gasteiger partial charge is 0.259 e. The topological polar surface area (TPSA) is 37.6 Å². The molecule has 22 heavy (non-hydrogen) atoms. The number of thiophene rings is 1. The molecule has 3 heterocycles. The van der Waals surface area contributed by atoms with Gasteiger partial charge in [0.05, 0.1) is 9.48 Å². The molecule has 0 unspecified atom stereocenters. The summed E-state index contributed by atoms with van der Waals surface area (Å²) in [5.41, 5.74) is 1.79. The van der Waals surface area contributed by atoms with E-state index >= 15 is 0 Å². The number of hydrogen-bond acceptors (Lipinski definition) is 5. The highest BCUT2D eigenvalue weighted by Crippen LogP contribution is 2.23. The fourth-order valence-corrected chi connectivity index (χ4v) is 4.76. The lowest BCUT2D eigenvalue weighted by Gasteiger charge is -2.19. The molecule has 0 N–H and O–H groups in total. The standard InChI is InChI=1S/C15H16BrN3OS2/c1-3-18(8-12-4-5-13(16)22-12)7-11-6-14(20)19-10(2)9-21-15(19)17-11/h4-6,9H,3,7-8H2,1-2H3. The average Bonchev–Trinajstić information content (AvgIpc) is 3.05. The number of fused-ring (bicyclic) bond motifs is 1. The van der Waals surface area contributed by atoms with Gasteiger partial charge < -0.3 is 0 Å². The maximum Gasteiger partial charge on any atom is 0.259 e. The van der Waals surface area contributed by atoms with Crippen LogP contribution < -0.4 is 5.56 Å². The minimum absolute atomic E-state index is 0.00803. The van der Waals surface area contributed by atoms with E-state index in [1.165, 1.54) is 16.2 Å². The number of rotatable bonds is 5. The van der Waals surface area contributed by atoms with Gasteiger partial charge in [-0.2, -0.15) is 0 Å². The first-order chi connectivity index (χ1) is 10.6. The van der Waals surface area contributed by atoms with Gasteiger partial charge >= 0.3 is 0 Å². The van der Waals surface area contributed by atoms with Crippen molar-refractivity contribution in [2.24, 2.45) is 0 Å². The third kappa shape index (κ3) is 3.32. The summed E-state index contributed by atoms with van der Waals surface area (Å²) in [6, 6.07) is 5.85. The molecule has 0 radical (unpaired) electrons. The molecule has 0 fully saturated rings.